The highest BCUT2D eigenvalue weighted by Gasteiger charge is 2.19. The smallest absolute Gasteiger partial charge is 0.0534 e. The zero-order valence-corrected chi connectivity index (χ0v) is 12.6. The molecule has 0 unspecified atom stereocenters. The van der Waals surface area contributed by atoms with Gasteiger partial charge in [-0.15, -0.1) is 0 Å². The van der Waals surface area contributed by atoms with Crippen LogP contribution in [-0.2, 0) is 6.54 Å². The van der Waals surface area contributed by atoms with E-state index in [9.17, 15) is 0 Å². The van der Waals surface area contributed by atoms with E-state index < -0.39 is 0 Å². The summed E-state index contributed by atoms with van der Waals surface area (Å²) >= 11 is 0. The van der Waals surface area contributed by atoms with Crippen LogP contribution in [0.5, 0.6) is 0 Å². The Labute approximate surface area is 117 Å². The van der Waals surface area contributed by atoms with Gasteiger partial charge in [-0.1, -0.05) is 6.92 Å². The summed E-state index contributed by atoms with van der Waals surface area (Å²) < 4.78 is 2.05. The third-order valence-electron chi connectivity index (χ3n) is 3.98. The Balaban J connectivity index is 1.75. The van der Waals surface area contributed by atoms with Crippen molar-refractivity contribution in [2.24, 2.45) is 5.92 Å². The number of aromatic nitrogens is 2. The minimum atomic E-state index is 0.458. The number of likely N-dealkylation sites (tertiary alicyclic amines) is 1. The van der Waals surface area contributed by atoms with Crippen LogP contribution in [0.3, 0.4) is 0 Å². The van der Waals surface area contributed by atoms with Gasteiger partial charge >= 0.3 is 0 Å². The number of nitrogens with one attached hydrogen (secondary N) is 1. The van der Waals surface area contributed by atoms with Gasteiger partial charge in [0.15, 0.2) is 0 Å². The normalized spacial score (nSPS) is 18.3. The molecule has 1 saturated heterocycles. The summed E-state index contributed by atoms with van der Waals surface area (Å²) in [6, 6.07) is 0.458. The first-order valence-corrected chi connectivity index (χ1v) is 7.65. The lowest BCUT2D eigenvalue weighted by molar-refractivity contribution is 0.176. The van der Waals surface area contributed by atoms with E-state index >= 15 is 0 Å². The second kappa shape index (κ2) is 7.06. The maximum atomic E-state index is 4.42. The predicted octanol–water partition coefficient (Wildman–Crippen LogP) is 2.29. The highest BCUT2D eigenvalue weighted by Crippen LogP contribution is 2.18. The van der Waals surface area contributed by atoms with Crippen LogP contribution >= 0.6 is 0 Å². The summed E-state index contributed by atoms with van der Waals surface area (Å²) in [7, 11) is 0. The van der Waals surface area contributed by atoms with Crippen LogP contribution in [0, 0.1) is 5.92 Å². The van der Waals surface area contributed by atoms with E-state index in [1.807, 2.05) is 10.9 Å². The monoisotopic (exact) mass is 264 g/mol. The summed E-state index contributed by atoms with van der Waals surface area (Å²) in [6.45, 7) is 12.3. The van der Waals surface area contributed by atoms with Crippen LogP contribution in [-0.4, -0.2) is 40.9 Å². The van der Waals surface area contributed by atoms with Gasteiger partial charge in [0.2, 0.25) is 0 Å². The van der Waals surface area contributed by atoms with Crippen molar-refractivity contribution in [2.75, 3.05) is 26.2 Å². The van der Waals surface area contributed by atoms with Crippen molar-refractivity contribution in [1.82, 2.24) is 20.0 Å². The summed E-state index contributed by atoms with van der Waals surface area (Å²) in [6.07, 6.45) is 6.86. The van der Waals surface area contributed by atoms with Gasteiger partial charge in [0, 0.05) is 24.3 Å². The van der Waals surface area contributed by atoms with Gasteiger partial charge in [0.05, 0.1) is 6.20 Å². The van der Waals surface area contributed by atoms with E-state index in [1.54, 1.807) is 0 Å². The highest BCUT2D eigenvalue weighted by atomic mass is 15.3. The zero-order chi connectivity index (χ0) is 13.7. The third kappa shape index (κ3) is 4.32. The molecular formula is C15H28N4. The molecule has 1 aromatic heterocycles. The van der Waals surface area contributed by atoms with Gasteiger partial charge in [0.1, 0.15) is 0 Å². The predicted molar refractivity (Wildman–Crippen MR) is 79.2 cm³/mol. The van der Waals surface area contributed by atoms with E-state index in [4.69, 9.17) is 0 Å². The molecular weight excluding hydrogens is 236 g/mol. The first kappa shape index (κ1) is 14.5. The van der Waals surface area contributed by atoms with Crippen LogP contribution in [0.1, 0.15) is 45.2 Å². The number of nitrogens with zero attached hydrogens (tertiary/aromatic N) is 3. The molecule has 1 fully saturated rings. The third-order valence-corrected chi connectivity index (χ3v) is 3.98. The molecule has 19 heavy (non-hydrogen) atoms. The molecule has 4 nitrogen and oxygen atoms in total. The Morgan fingerprint density at radius 2 is 2.11 bits per heavy atom. The van der Waals surface area contributed by atoms with E-state index in [-0.39, 0.29) is 0 Å². The quantitative estimate of drug-likeness (QED) is 0.856. The van der Waals surface area contributed by atoms with Crippen LogP contribution < -0.4 is 5.32 Å². The van der Waals surface area contributed by atoms with Crippen molar-refractivity contribution in [2.45, 2.75) is 46.2 Å². The number of hydrogen-bond donors (Lipinski definition) is 1. The summed E-state index contributed by atoms with van der Waals surface area (Å²) in [5, 5.41) is 7.88. The fourth-order valence-corrected chi connectivity index (χ4v) is 2.70. The first-order chi connectivity index (χ1) is 9.19. The Morgan fingerprint density at radius 1 is 1.37 bits per heavy atom. The second-order valence-electron chi connectivity index (χ2n) is 5.95. The van der Waals surface area contributed by atoms with Crippen molar-refractivity contribution >= 4 is 0 Å². The Bertz CT molecular complexity index is 364. The molecule has 1 N–H and O–H groups in total. The summed E-state index contributed by atoms with van der Waals surface area (Å²) in [5.41, 5.74) is 1.35. The van der Waals surface area contributed by atoms with Gasteiger partial charge in [0.25, 0.3) is 0 Å². The van der Waals surface area contributed by atoms with E-state index in [0.29, 0.717) is 6.04 Å². The lowest BCUT2D eigenvalue weighted by Gasteiger charge is -2.31. The van der Waals surface area contributed by atoms with Crippen LogP contribution in [0.4, 0.5) is 0 Å². The maximum absolute atomic E-state index is 4.42. The largest absolute Gasteiger partial charge is 0.317 e. The molecule has 0 aliphatic carbocycles. The molecule has 2 heterocycles. The SMILES string of the molecule is CCNCC1CCN(Cc2cnn(C(C)C)c2)CC1. The average molecular weight is 264 g/mol. The fourth-order valence-electron chi connectivity index (χ4n) is 2.70. The molecule has 1 aliphatic rings. The Hall–Kier alpha value is -0.870. The molecule has 0 amide bonds. The molecule has 108 valence electrons. The molecule has 4 heteroatoms. The fraction of sp³-hybridized carbons (Fsp3) is 0.800. The number of piperidine rings is 1. The molecule has 1 aromatic rings. The topological polar surface area (TPSA) is 33.1 Å². The molecule has 0 atom stereocenters. The molecule has 0 spiro atoms. The van der Waals surface area contributed by atoms with Crippen molar-refractivity contribution in [3.05, 3.63) is 18.0 Å². The average Bonchev–Trinajstić information content (AvgIpc) is 2.87. The van der Waals surface area contributed by atoms with Crippen LogP contribution in [0.15, 0.2) is 12.4 Å². The lowest BCUT2D eigenvalue weighted by atomic mass is 9.96. The summed E-state index contributed by atoms with van der Waals surface area (Å²) in [5.74, 6) is 0.870. The Kier molecular flexibility index (Phi) is 5.40. The van der Waals surface area contributed by atoms with Gasteiger partial charge in [-0.25, -0.2) is 0 Å². The van der Waals surface area contributed by atoms with Gasteiger partial charge in [-0.05, 0) is 58.8 Å². The van der Waals surface area contributed by atoms with Crippen LogP contribution in [0.2, 0.25) is 0 Å². The van der Waals surface area contributed by atoms with Crippen molar-refractivity contribution in [3.8, 4) is 0 Å². The zero-order valence-electron chi connectivity index (χ0n) is 12.6. The Morgan fingerprint density at radius 3 is 2.68 bits per heavy atom. The maximum Gasteiger partial charge on any atom is 0.0534 e. The van der Waals surface area contributed by atoms with Gasteiger partial charge in [-0.2, -0.15) is 5.10 Å². The van der Waals surface area contributed by atoms with Gasteiger partial charge in [-0.3, -0.25) is 9.58 Å². The molecule has 1 aliphatic heterocycles. The van der Waals surface area contributed by atoms with Crippen molar-refractivity contribution < 1.29 is 0 Å². The summed E-state index contributed by atoms with van der Waals surface area (Å²) in [4.78, 5) is 2.56. The van der Waals surface area contributed by atoms with Crippen LogP contribution in [0.25, 0.3) is 0 Å². The number of rotatable bonds is 6. The molecule has 0 radical (unpaired) electrons. The molecule has 2 rings (SSSR count). The van der Waals surface area contributed by atoms with Crippen molar-refractivity contribution in [1.29, 1.82) is 0 Å². The molecule has 0 bridgehead atoms. The van der Waals surface area contributed by atoms with Crippen molar-refractivity contribution in [3.63, 3.8) is 0 Å². The minimum absolute atomic E-state index is 0.458. The second-order valence-corrected chi connectivity index (χ2v) is 5.95. The molecule has 0 saturated carbocycles. The highest BCUT2D eigenvalue weighted by molar-refractivity contribution is 5.04. The standard InChI is InChI=1S/C15H28N4/c1-4-16-9-14-5-7-18(8-6-14)11-15-10-17-19(12-15)13(2)3/h10,12-14,16H,4-9,11H2,1-3H3. The lowest BCUT2D eigenvalue weighted by Crippen LogP contribution is -2.36. The van der Waals surface area contributed by atoms with E-state index in [1.165, 1.54) is 38.0 Å². The minimum Gasteiger partial charge on any atom is -0.317 e. The molecule has 0 aromatic carbocycles. The first-order valence-electron chi connectivity index (χ1n) is 7.65. The van der Waals surface area contributed by atoms with E-state index in [0.717, 1.165) is 19.0 Å². The number of hydrogen-bond acceptors (Lipinski definition) is 3. The van der Waals surface area contributed by atoms with E-state index in [2.05, 4.69) is 42.3 Å². The van der Waals surface area contributed by atoms with Gasteiger partial charge < -0.3 is 5.32 Å².